The van der Waals surface area contributed by atoms with Crippen LogP contribution in [-0.2, 0) is 4.74 Å². The predicted octanol–water partition coefficient (Wildman–Crippen LogP) is 3.97. The van der Waals surface area contributed by atoms with Crippen molar-refractivity contribution in [1.29, 1.82) is 0 Å². The maximum atomic E-state index is 13.4. The first-order valence-corrected chi connectivity index (χ1v) is 12.3. The summed E-state index contributed by atoms with van der Waals surface area (Å²) in [7, 11) is 5.30. The summed E-state index contributed by atoms with van der Waals surface area (Å²) in [5.74, 6) is -1.10. The fraction of sp³-hybridized carbons (Fsp3) is 0.310. The molecule has 8 heteroatoms. The summed E-state index contributed by atoms with van der Waals surface area (Å²) >= 11 is 0. The predicted molar refractivity (Wildman–Crippen MR) is 144 cm³/mol. The average Bonchev–Trinajstić information content (AvgIpc) is 2.93. The van der Waals surface area contributed by atoms with Crippen LogP contribution in [0, 0.1) is 5.82 Å². The van der Waals surface area contributed by atoms with Crippen molar-refractivity contribution in [2.75, 3.05) is 63.7 Å². The summed E-state index contributed by atoms with van der Waals surface area (Å²) in [5.41, 5.74) is 3.72. The molecule has 3 aromatic carbocycles. The molecule has 3 aromatic rings. The number of benzene rings is 3. The Balaban J connectivity index is 1.51. The number of nitrogens with zero attached hydrogens (tertiary/aromatic N) is 3. The van der Waals surface area contributed by atoms with E-state index in [1.807, 2.05) is 19.0 Å². The van der Waals surface area contributed by atoms with Gasteiger partial charge >= 0.3 is 5.97 Å². The molecular weight excluding hydrogens is 471 g/mol. The maximum Gasteiger partial charge on any atom is 0.338 e. The van der Waals surface area contributed by atoms with E-state index in [1.54, 1.807) is 36.4 Å². The van der Waals surface area contributed by atoms with Gasteiger partial charge in [-0.15, -0.1) is 0 Å². The molecule has 1 aliphatic rings. The molecule has 0 bridgehead atoms. The van der Waals surface area contributed by atoms with E-state index in [2.05, 4.69) is 39.4 Å². The second kappa shape index (κ2) is 11.9. The molecule has 0 spiro atoms. The highest BCUT2D eigenvalue weighted by Crippen LogP contribution is 2.26. The Kier molecular flexibility index (Phi) is 8.40. The third kappa shape index (κ3) is 6.27. The van der Waals surface area contributed by atoms with Crippen LogP contribution >= 0.6 is 0 Å². The number of rotatable bonds is 8. The Labute approximate surface area is 217 Å². The van der Waals surface area contributed by atoms with Crippen LogP contribution in [-0.4, -0.2) is 70.7 Å². The Morgan fingerprint density at radius 1 is 0.919 bits per heavy atom. The first kappa shape index (κ1) is 26.2. The second-order valence-corrected chi connectivity index (χ2v) is 9.25. The Morgan fingerprint density at radius 3 is 2.14 bits per heavy atom. The quantitative estimate of drug-likeness (QED) is 0.469. The normalized spacial score (nSPS) is 14.6. The van der Waals surface area contributed by atoms with Gasteiger partial charge in [0.05, 0.1) is 24.3 Å². The largest absolute Gasteiger partial charge is 0.465 e. The van der Waals surface area contributed by atoms with E-state index >= 15 is 0 Å². The molecule has 0 aromatic heterocycles. The monoisotopic (exact) mass is 504 g/mol. The van der Waals surface area contributed by atoms with Crippen molar-refractivity contribution in [3.8, 4) is 0 Å². The van der Waals surface area contributed by atoms with Gasteiger partial charge < -0.3 is 19.9 Å². The fourth-order valence-corrected chi connectivity index (χ4v) is 4.65. The van der Waals surface area contributed by atoms with Crippen molar-refractivity contribution < 1.29 is 18.7 Å². The number of piperazine rings is 1. The van der Waals surface area contributed by atoms with Crippen molar-refractivity contribution in [2.45, 2.75) is 6.04 Å². The Bertz CT molecular complexity index is 1210. The van der Waals surface area contributed by atoms with Crippen LogP contribution < -0.4 is 15.1 Å². The summed E-state index contributed by atoms with van der Waals surface area (Å²) in [4.78, 5) is 31.9. The number of esters is 1. The van der Waals surface area contributed by atoms with E-state index in [-0.39, 0.29) is 28.9 Å². The number of carbonyl (C=O) groups is 2. The van der Waals surface area contributed by atoms with E-state index in [4.69, 9.17) is 4.74 Å². The molecule has 1 atom stereocenters. The first-order chi connectivity index (χ1) is 17.9. The molecule has 1 fully saturated rings. The smallest absolute Gasteiger partial charge is 0.338 e. The van der Waals surface area contributed by atoms with Crippen molar-refractivity contribution >= 4 is 23.3 Å². The standard InChI is InChI=1S/C29H33FN4O3/c1-32(2)23-12-8-21(9-13-23)27(20-31-28(35)25-6-4-5-7-26(25)29(36)37-3)34-18-16-33(17-19-34)24-14-10-22(30)11-15-24/h4-15,27H,16-20H2,1-3H3,(H,31,35). The molecule has 4 rings (SSSR count). The minimum absolute atomic E-state index is 0.0548. The minimum Gasteiger partial charge on any atom is -0.465 e. The molecule has 0 aliphatic carbocycles. The fourth-order valence-electron chi connectivity index (χ4n) is 4.65. The molecule has 37 heavy (non-hydrogen) atoms. The number of halogens is 1. The summed E-state index contributed by atoms with van der Waals surface area (Å²) in [6.07, 6.45) is 0. The van der Waals surface area contributed by atoms with Crippen LogP contribution in [0.3, 0.4) is 0 Å². The van der Waals surface area contributed by atoms with E-state index in [0.29, 0.717) is 6.54 Å². The molecule has 1 aliphatic heterocycles. The van der Waals surface area contributed by atoms with Gasteiger partial charge in [-0.25, -0.2) is 9.18 Å². The van der Waals surface area contributed by atoms with Gasteiger partial charge in [-0.05, 0) is 54.1 Å². The molecule has 0 saturated carbocycles. The van der Waals surface area contributed by atoms with Gasteiger partial charge in [-0.2, -0.15) is 0 Å². The number of hydrogen-bond acceptors (Lipinski definition) is 6. The van der Waals surface area contributed by atoms with Crippen LogP contribution in [0.15, 0.2) is 72.8 Å². The van der Waals surface area contributed by atoms with Gasteiger partial charge in [0, 0.05) is 58.2 Å². The molecule has 7 nitrogen and oxygen atoms in total. The van der Waals surface area contributed by atoms with Crippen LogP contribution in [0.4, 0.5) is 15.8 Å². The highest BCUT2D eigenvalue weighted by molar-refractivity contribution is 6.05. The highest BCUT2D eigenvalue weighted by atomic mass is 19.1. The van der Waals surface area contributed by atoms with E-state index < -0.39 is 5.97 Å². The maximum absolute atomic E-state index is 13.4. The van der Waals surface area contributed by atoms with Crippen molar-refractivity contribution in [3.05, 3.63) is 95.3 Å². The molecule has 1 N–H and O–H groups in total. The lowest BCUT2D eigenvalue weighted by Crippen LogP contribution is -2.50. The lowest BCUT2D eigenvalue weighted by atomic mass is 10.0. The minimum atomic E-state index is -0.543. The average molecular weight is 505 g/mol. The number of carbonyl (C=O) groups excluding carboxylic acids is 2. The molecular formula is C29H33FN4O3. The number of amides is 1. The molecule has 1 heterocycles. The van der Waals surface area contributed by atoms with Gasteiger partial charge in [-0.3, -0.25) is 9.69 Å². The zero-order valence-corrected chi connectivity index (χ0v) is 21.5. The van der Waals surface area contributed by atoms with Crippen LogP contribution in [0.1, 0.15) is 32.3 Å². The third-order valence-corrected chi connectivity index (χ3v) is 6.77. The number of anilines is 2. The van der Waals surface area contributed by atoms with Gasteiger partial charge in [0.15, 0.2) is 0 Å². The number of hydrogen-bond donors (Lipinski definition) is 1. The van der Waals surface area contributed by atoms with Gasteiger partial charge in [0.1, 0.15) is 5.82 Å². The summed E-state index contributed by atoms with van der Waals surface area (Å²) in [6, 6.07) is 21.5. The molecule has 1 amide bonds. The Morgan fingerprint density at radius 2 is 1.54 bits per heavy atom. The third-order valence-electron chi connectivity index (χ3n) is 6.77. The topological polar surface area (TPSA) is 65.1 Å². The van der Waals surface area contributed by atoms with Crippen LogP contribution in [0.25, 0.3) is 0 Å². The lowest BCUT2D eigenvalue weighted by molar-refractivity contribution is 0.0596. The SMILES string of the molecule is COC(=O)c1ccccc1C(=O)NCC(c1ccc(N(C)C)cc1)N1CCN(c2ccc(F)cc2)CC1. The van der Waals surface area contributed by atoms with E-state index in [0.717, 1.165) is 43.1 Å². The van der Waals surface area contributed by atoms with Crippen molar-refractivity contribution in [1.82, 2.24) is 10.2 Å². The molecule has 1 saturated heterocycles. The van der Waals surface area contributed by atoms with Crippen LogP contribution in [0.5, 0.6) is 0 Å². The van der Waals surface area contributed by atoms with Crippen molar-refractivity contribution in [3.63, 3.8) is 0 Å². The summed E-state index contributed by atoms with van der Waals surface area (Å²) in [6.45, 7) is 3.53. The second-order valence-electron chi connectivity index (χ2n) is 9.25. The zero-order valence-electron chi connectivity index (χ0n) is 21.5. The van der Waals surface area contributed by atoms with Crippen molar-refractivity contribution in [2.24, 2.45) is 0 Å². The highest BCUT2D eigenvalue weighted by Gasteiger charge is 2.27. The lowest BCUT2D eigenvalue weighted by Gasteiger charge is -2.40. The molecule has 194 valence electrons. The van der Waals surface area contributed by atoms with Gasteiger partial charge in [0.25, 0.3) is 5.91 Å². The van der Waals surface area contributed by atoms with E-state index in [1.165, 1.54) is 19.2 Å². The number of methoxy groups -OCH3 is 1. The molecule has 1 unspecified atom stereocenters. The van der Waals surface area contributed by atoms with Crippen LogP contribution in [0.2, 0.25) is 0 Å². The summed E-state index contributed by atoms with van der Waals surface area (Å²) < 4.78 is 18.2. The zero-order chi connectivity index (χ0) is 26.4. The number of ether oxygens (including phenoxy) is 1. The Hall–Kier alpha value is -3.91. The van der Waals surface area contributed by atoms with Gasteiger partial charge in [0.2, 0.25) is 0 Å². The summed E-state index contributed by atoms with van der Waals surface area (Å²) in [5, 5.41) is 3.05. The number of nitrogens with one attached hydrogen (secondary N) is 1. The van der Waals surface area contributed by atoms with E-state index in [9.17, 15) is 14.0 Å². The van der Waals surface area contributed by atoms with Gasteiger partial charge in [-0.1, -0.05) is 24.3 Å². The first-order valence-electron chi connectivity index (χ1n) is 12.3. The molecule has 0 radical (unpaired) electrons.